The van der Waals surface area contributed by atoms with Gasteiger partial charge in [0, 0.05) is 12.2 Å². The molecule has 190 valence electrons. The minimum Gasteiger partial charge on any atom is -0.480 e. The fourth-order valence-electron chi connectivity index (χ4n) is 4.07. The molecule has 0 saturated heterocycles. The van der Waals surface area contributed by atoms with Gasteiger partial charge >= 0.3 is 5.97 Å². The largest absolute Gasteiger partial charge is 0.480 e. The smallest absolute Gasteiger partial charge is 0.326 e. The average Bonchev–Trinajstić information content (AvgIpc) is 2.89. The molecule has 3 rings (SSSR count). The molecule has 1 atom stereocenters. The van der Waals surface area contributed by atoms with E-state index in [9.17, 15) is 14.7 Å². The fraction of sp³-hybridized carbons (Fsp3) is 0.333. The molecule has 2 N–H and O–H groups in total. The van der Waals surface area contributed by atoms with Crippen LogP contribution in [0, 0.1) is 6.92 Å². The molecule has 6 heteroatoms. The molecule has 3 aromatic rings. The SMILES string of the molecule is CSCC[C@H](NC(=O)c1ccc(COCCCCc2ccccc2)cc1-c1ccccc1C)C(=O)O. The summed E-state index contributed by atoms with van der Waals surface area (Å²) in [6.45, 7) is 3.13. The molecule has 0 bridgehead atoms. The molecule has 0 fully saturated rings. The molecule has 0 aliphatic carbocycles. The first-order chi connectivity index (χ1) is 17.5. The van der Waals surface area contributed by atoms with Crippen LogP contribution in [-0.2, 0) is 22.6 Å². The van der Waals surface area contributed by atoms with Crippen LogP contribution in [0.2, 0.25) is 0 Å². The summed E-state index contributed by atoms with van der Waals surface area (Å²) in [5.74, 6) is -0.744. The van der Waals surface area contributed by atoms with E-state index in [1.54, 1.807) is 17.8 Å². The van der Waals surface area contributed by atoms with E-state index in [0.717, 1.165) is 41.5 Å². The Balaban J connectivity index is 1.68. The van der Waals surface area contributed by atoms with Gasteiger partial charge in [0.15, 0.2) is 0 Å². The van der Waals surface area contributed by atoms with Crippen LogP contribution in [0.4, 0.5) is 0 Å². The Hall–Kier alpha value is -3.09. The van der Waals surface area contributed by atoms with Crippen LogP contribution in [0.3, 0.4) is 0 Å². The number of carboxylic acid groups (broad SMARTS) is 1. The highest BCUT2D eigenvalue weighted by Gasteiger charge is 2.22. The topological polar surface area (TPSA) is 75.6 Å². The van der Waals surface area contributed by atoms with Crippen molar-refractivity contribution in [3.05, 3.63) is 95.1 Å². The molecular weight excluding hydrogens is 470 g/mol. The van der Waals surface area contributed by atoms with Gasteiger partial charge in [-0.15, -0.1) is 0 Å². The van der Waals surface area contributed by atoms with E-state index in [0.29, 0.717) is 31.0 Å². The number of nitrogens with one attached hydrogen (secondary N) is 1. The number of unbranched alkanes of at least 4 members (excludes halogenated alkanes) is 1. The zero-order chi connectivity index (χ0) is 25.8. The van der Waals surface area contributed by atoms with E-state index >= 15 is 0 Å². The Bertz CT molecular complexity index is 1130. The standard InChI is InChI=1S/C30H35NO4S/c1-22-10-6-7-14-25(22)27-20-24(21-35-18-9-8-13-23-11-4-3-5-12-23)15-16-26(27)29(32)31-28(30(33)34)17-19-36-2/h3-7,10-12,14-16,20,28H,8-9,13,17-19,21H2,1-2H3,(H,31,32)(H,33,34)/t28-/m0/s1. The zero-order valence-electron chi connectivity index (χ0n) is 21.0. The number of aliphatic carboxylic acids is 1. The molecule has 0 spiro atoms. The maximum absolute atomic E-state index is 13.2. The van der Waals surface area contributed by atoms with Crippen molar-refractivity contribution in [3.63, 3.8) is 0 Å². The molecule has 0 aromatic heterocycles. The van der Waals surface area contributed by atoms with Gasteiger partial charge in [-0.05, 0) is 84.6 Å². The van der Waals surface area contributed by atoms with Crippen LogP contribution in [0.5, 0.6) is 0 Å². The van der Waals surface area contributed by atoms with Crippen molar-refractivity contribution in [1.29, 1.82) is 0 Å². The van der Waals surface area contributed by atoms with Gasteiger partial charge in [0.1, 0.15) is 6.04 Å². The fourth-order valence-corrected chi connectivity index (χ4v) is 4.55. The van der Waals surface area contributed by atoms with Crippen LogP contribution >= 0.6 is 11.8 Å². The summed E-state index contributed by atoms with van der Waals surface area (Å²) in [6, 6.07) is 23.1. The number of amides is 1. The number of hydrogen-bond acceptors (Lipinski definition) is 4. The van der Waals surface area contributed by atoms with Gasteiger partial charge in [0.25, 0.3) is 5.91 Å². The zero-order valence-corrected chi connectivity index (χ0v) is 21.9. The number of aryl methyl sites for hydroxylation is 2. The number of ether oxygens (including phenoxy) is 1. The van der Waals surface area contributed by atoms with Gasteiger partial charge < -0.3 is 15.2 Å². The Morgan fingerprint density at radius 1 is 0.944 bits per heavy atom. The summed E-state index contributed by atoms with van der Waals surface area (Å²) in [6.07, 6.45) is 5.38. The number of hydrogen-bond donors (Lipinski definition) is 2. The molecule has 0 saturated carbocycles. The molecule has 1 amide bonds. The number of thioether (sulfide) groups is 1. The van der Waals surface area contributed by atoms with Gasteiger partial charge in [0.2, 0.25) is 0 Å². The molecular formula is C30H35NO4S. The van der Waals surface area contributed by atoms with Gasteiger partial charge in [-0.3, -0.25) is 4.79 Å². The monoisotopic (exact) mass is 505 g/mol. The van der Waals surface area contributed by atoms with Crippen LogP contribution < -0.4 is 5.32 Å². The highest BCUT2D eigenvalue weighted by Crippen LogP contribution is 2.28. The predicted molar refractivity (Wildman–Crippen MR) is 148 cm³/mol. The molecule has 5 nitrogen and oxygen atoms in total. The van der Waals surface area contributed by atoms with Crippen LogP contribution in [-0.4, -0.2) is 41.6 Å². The van der Waals surface area contributed by atoms with E-state index in [4.69, 9.17) is 4.74 Å². The second-order valence-corrected chi connectivity index (χ2v) is 9.82. The third-order valence-electron chi connectivity index (χ3n) is 6.09. The first-order valence-electron chi connectivity index (χ1n) is 12.3. The molecule has 36 heavy (non-hydrogen) atoms. The van der Waals surface area contributed by atoms with E-state index in [1.165, 1.54) is 5.56 Å². The number of benzene rings is 3. The molecule has 0 unspecified atom stereocenters. The lowest BCUT2D eigenvalue weighted by molar-refractivity contribution is -0.139. The first-order valence-corrected chi connectivity index (χ1v) is 13.7. The Labute approximate surface area is 218 Å². The predicted octanol–water partition coefficient (Wildman–Crippen LogP) is 6.14. The molecule has 0 radical (unpaired) electrons. The summed E-state index contributed by atoms with van der Waals surface area (Å²) < 4.78 is 5.94. The minimum atomic E-state index is -1.02. The number of carbonyl (C=O) groups is 2. The van der Waals surface area contributed by atoms with Gasteiger partial charge in [-0.25, -0.2) is 4.79 Å². The van der Waals surface area contributed by atoms with Crippen molar-refractivity contribution in [3.8, 4) is 11.1 Å². The van der Waals surface area contributed by atoms with E-state index < -0.39 is 12.0 Å². The molecule has 3 aromatic carbocycles. The van der Waals surface area contributed by atoms with Crippen molar-refractivity contribution >= 4 is 23.6 Å². The van der Waals surface area contributed by atoms with Gasteiger partial charge in [-0.1, -0.05) is 60.7 Å². The molecule has 0 heterocycles. The maximum atomic E-state index is 13.2. The maximum Gasteiger partial charge on any atom is 0.326 e. The van der Waals surface area contributed by atoms with Gasteiger partial charge in [0.05, 0.1) is 6.61 Å². The van der Waals surface area contributed by atoms with Crippen LogP contribution in [0.25, 0.3) is 11.1 Å². The highest BCUT2D eigenvalue weighted by molar-refractivity contribution is 7.98. The summed E-state index contributed by atoms with van der Waals surface area (Å²) in [7, 11) is 0. The van der Waals surface area contributed by atoms with E-state index in [1.807, 2.05) is 55.6 Å². The third kappa shape index (κ3) is 8.25. The lowest BCUT2D eigenvalue weighted by Crippen LogP contribution is -2.41. The summed E-state index contributed by atoms with van der Waals surface area (Å²) in [4.78, 5) is 24.8. The van der Waals surface area contributed by atoms with E-state index in [2.05, 4.69) is 29.6 Å². The van der Waals surface area contributed by atoms with Gasteiger partial charge in [-0.2, -0.15) is 11.8 Å². The normalized spacial score (nSPS) is 11.7. The van der Waals surface area contributed by atoms with Crippen molar-refractivity contribution in [1.82, 2.24) is 5.32 Å². The summed E-state index contributed by atoms with van der Waals surface area (Å²) in [5.41, 5.74) is 5.56. The Morgan fingerprint density at radius 3 is 2.42 bits per heavy atom. The van der Waals surface area contributed by atoms with E-state index in [-0.39, 0.29) is 5.91 Å². The minimum absolute atomic E-state index is 0.373. The highest BCUT2D eigenvalue weighted by atomic mass is 32.2. The first kappa shape index (κ1) is 27.5. The second kappa shape index (κ2) is 14.5. The van der Waals surface area contributed by atoms with Crippen molar-refractivity contribution in [2.24, 2.45) is 0 Å². The van der Waals surface area contributed by atoms with Crippen molar-refractivity contribution in [2.75, 3.05) is 18.6 Å². The Morgan fingerprint density at radius 2 is 1.69 bits per heavy atom. The quantitative estimate of drug-likeness (QED) is 0.258. The lowest BCUT2D eigenvalue weighted by Gasteiger charge is -2.17. The summed E-state index contributed by atoms with van der Waals surface area (Å²) in [5, 5.41) is 12.3. The molecule has 0 aliphatic rings. The van der Waals surface area contributed by atoms with Crippen LogP contribution in [0.1, 0.15) is 46.3 Å². The number of rotatable bonds is 14. The lowest BCUT2D eigenvalue weighted by atomic mass is 9.93. The van der Waals surface area contributed by atoms with Crippen LogP contribution in [0.15, 0.2) is 72.8 Å². The van der Waals surface area contributed by atoms with Crippen molar-refractivity contribution < 1.29 is 19.4 Å². The Kier molecular flexibility index (Phi) is 11.0. The number of carboxylic acids is 1. The van der Waals surface area contributed by atoms with Crippen molar-refractivity contribution in [2.45, 2.75) is 45.3 Å². The molecule has 0 aliphatic heterocycles. The second-order valence-electron chi connectivity index (χ2n) is 8.84. The summed E-state index contributed by atoms with van der Waals surface area (Å²) >= 11 is 1.56. The third-order valence-corrected chi connectivity index (χ3v) is 6.74. The average molecular weight is 506 g/mol. The number of carbonyl (C=O) groups excluding carboxylic acids is 1.